The van der Waals surface area contributed by atoms with Crippen LogP contribution in [0.15, 0.2) is 46.8 Å². The van der Waals surface area contributed by atoms with Gasteiger partial charge in [-0.3, -0.25) is 9.59 Å². The third-order valence-electron chi connectivity index (χ3n) is 6.76. The van der Waals surface area contributed by atoms with Crippen molar-refractivity contribution in [2.24, 2.45) is 5.41 Å². The Kier molecular flexibility index (Phi) is 6.46. The van der Waals surface area contributed by atoms with Crippen LogP contribution in [0.25, 0.3) is 0 Å². The zero-order valence-electron chi connectivity index (χ0n) is 20.0. The van der Waals surface area contributed by atoms with Gasteiger partial charge >= 0.3 is 11.9 Å². The zero-order valence-corrected chi connectivity index (χ0v) is 20.0. The molecule has 33 heavy (non-hydrogen) atoms. The van der Waals surface area contributed by atoms with Gasteiger partial charge in [-0.05, 0) is 62.1 Å². The molecule has 176 valence electrons. The van der Waals surface area contributed by atoms with Crippen molar-refractivity contribution >= 4 is 17.7 Å². The first-order valence-electron chi connectivity index (χ1n) is 11.9. The van der Waals surface area contributed by atoms with Crippen LogP contribution in [0.4, 0.5) is 0 Å². The van der Waals surface area contributed by atoms with Gasteiger partial charge in [-0.1, -0.05) is 32.4 Å². The van der Waals surface area contributed by atoms with Crippen molar-refractivity contribution in [3.05, 3.63) is 52.4 Å². The van der Waals surface area contributed by atoms with Crippen LogP contribution >= 0.6 is 0 Å². The van der Waals surface area contributed by atoms with Gasteiger partial charge in [0.05, 0.1) is 5.57 Å². The Morgan fingerprint density at radius 2 is 1.70 bits per heavy atom. The number of benzene rings is 1. The molecule has 6 nitrogen and oxygen atoms in total. The summed E-state index contributed by atoms with van der Waals surface area (Å²) in [6, 6.07) is 7.06. The van der Waals surface area contributed by atoms with E-state index in [0.717, 1.165) is 49.1 Å². The number of Topliss-reactive ketones (excluding diaryl/α,β-unsaturated/α-hetero) is 1. The molecule has 1 heterocycles. The van der Waals surface area contributed by atoms with Crippen LogP contribution in [-0.2, 0) is 19.1 Å². The van der Waals surface area contributed by atoms with Crippen LogP contribution in [0.3, 0.4) is 0 Å². The fraction of sp³-hybridized carbons (Fsp3) is 0.519. The van der Waals surface area contributed by atoms with Gasteiger partial charge in [0.2, 0.25) is 0 Å². The summed E-state index contributed by atoms with van der Waals surface area (Å²) in [6.45, 7) is 7.41. The van der Waals surface area contributed by atoms with Crippen LogP contribution in [0.2, 0.25) is 0 Å². The van der Waals surface area contributed by atoms with Gasteiger partial charge in [-0.2, -0.15) is 0 Å². The third-order valence-corrected chi connectivity index (χ3v) is 6.76. The van der Waals surface area contributed by atoms with Crippen molar-refractivity contribution in [1.29, 1.82) is 0 Å². The van der Waals surface area contributed by atoms with Gasteiger partial charge in [-0.25, -0.2) is 4.79 Å². The summed E-state index contributed by atoms with van der Waals surface area (Å²) in [5.41, 5.74) is 3.42. The van der Waals surface area contributed by atoms with Gasteiger partial charge in [0.15, 0.2) is 5.78 Å². The molecule has 1 unspecified atom stereocenters. The molecule has 2 aliphatic carbocycles. The molecule has 0 radical (unpaired) electrons. The van der Waals surface area contributed by atoms with E-state index in [0.29, 0.717) is 23.3 Å². The SMILES string of the molecule is CC(=O)Oc1ccc(C2C(C(=O)OC3CCCCC3)=C(C)NC3=C2C(=O)CC(C)(C)C3)cc1. The lowest BCUT2D eigenvalue weighted by atomic mass is 9.68. The number of carbonyl (C=O) groups excluding carboxylic acids is 3. The Balaban J connectivity index is 1.73. The van der Waals surface area contributed by atoms with Crippen molar-refractivity contribution in [1.82, 2.24) is 5.32 Å². The Morgan fingerprint density at radius 3 is 2.33 bits per heavy atom. The standard InChI is InChI=1S/C27H33NO5/c1-16-23(26(31)33-19-8-6-5-7-9-19)24(18-10-12-20(13-11-18)32-17(2)29)25-21(28-16)14-27(3,4)15-22(25)30/h10-13,19,24,28H,5-9,14-15H2,1-4H3. The average Bonchev–Trinajstić information content (AvgIpc) is 2.72. The number of ketones is 1. The first-order chi connectivity index (χ1) is 15.6. The Bertz CT molecular complexity index is 1030. The molecule has 1 aliphatic heterocycles. The quantitative estimate of drug-likeness (QED) is 0.507. The lowest BCUT2D eigenvalue weighted by Gasteiger charge is -2.39. The molecule has 6 heteroatoms. The molecule has 0 aromatic heterocycles. The van der Waals surface area contributed by atoms with Crippen molar-refractivity contribution in [2.75, 3.05) is 0 Å². The summed E-state index contributed by atoms with van der Waals surface area (Å²) in [5, 5.41) is 3.38. The smallest absolute Gasteiger partial charge is 0.337 e. The highest BCUT2D eigenvalue weighted by molar-refractivity contribution is 6.04. The number of hydrogen-bond donors (Lipinski definition) is 1. The van der Waals surface area contributed by atoms with E-state index in [4.69, 9.17) is 9.47 Å². The van der Waals surface area contributed by atoms with E-state index in [9.17, 15) is 14.4 Å². The fourth-order valence-electron chi connectivity index (χ4n) is 5.33. The number of esters is 2. The molecular formula is C27H33NO5. The van der Waals surface area contributed by atoms with E-state index in [-0.39, 0.29) is 23.3 Å². The Morgan fingerprint density at radius 1 is 1.03 bits per heavy atom. The van der Waals surface area contributed by atoms with E-state index in [1.54, 1.807) is 12.1 Å². The first kappa shape index (κ1) is 23.3. The second kappa shape index (κ2) is 9.16. The van der Waals surface area contributed by atoms with Crippen LogP contribution in [0, 0.1) is 5.41 Å². The molecule has 0 saturated heterocycles. The van der Waals surface area contributed by atoms with Gasteiger partial charge in [0.25, 0.3) is 0 Å². The summed E-state index contributed by atoms with van der Waals surface area (Å²) in [7, 11) is 0. The van der Waals surface area contributed by atoms with Gasteiger partial charge in [0, 0.05) is 36.2 Å². The van der Waals surface area contributed by atoms with Crippen LogP contribution in [0.5, 0.6) is 5.75 Å². The molecule has 0 bridgehead atoms. The highest BCUT2D eigenvalue weighted by Crippen LogP contribution is 2.47. The minimum Gasteiger partial charge on any atom is -0.459 e. The second-order valence-corrected chi connectivity index (χ2v) is 10.3. The lowest BCUT2D eigenvalue weighted by molar-refractivity contribution is -0.146. The molecule has 4 rings (SSSR count). The van der Waals surface area contributed by atoms with Crippen molar-refractivity contribution in [3.63, 3.8) is 0 Å². The summed E-state index contributed by atoms with van der Waals surface area (Å²) >= 11 is 0. The number of dihydropyridines is 1. The highest BCUT2D eigenvalue weighted by atomic mass is 16.5. The minimum absolute atomic E-state index is 0.0540. The van der Waals surface area contributed by atoms with E-state index >= 15 is 0 Å². The molecule has 1 fully saturated rings. The predicted octanol–water partition coefficient (Wildman–Crippen LogP) is 5.09. The topological polar surface area (TPSA) is 81.7 Å². The number of hydrogen-bond acceptors (Lipinski definition) is 6. The van der Waals surface area contributed by atoms with Gasteiger partial charge < -0.3 is 14.8 Å². The molecular weight excluding hydrogens is 418 g/mol. The van der Waals surface area contributed by atoms with E-state index in [2.05, 4.69) is 19.2 Å². The van der Waals surface area contributed by atoms with E-state index in [1.165, 1.54) is 13.3 Å². The molecule has 0 amide bonds. The van der Waals surface area contributed by atoms with Crippen molar-refractivity contribution in [3.8, 4) is 5.75 Å². The molecule has 1 saturated carbocycles. The van der Waals surface area contributed by atoms with Crippen LogP contribution < -0.4 is 10.1 Å². The normalized spacial score (nSPS) is 23.0. The first-order valence-corrected chi connectivity index (χ1v) is 11.9. The molecule has 0 spiro atoms. The molecule has 1 aromatic rings. The number of rotatable bonds is 4. The molecule has 1 atom stereocenters. The third kappa shape index (κ3) is 5.05. The summed E-state index contributed by atoms with van der Waals surface area (Å²) in [4.78, 5) is 38.1. The Hall–Kier alpha value is -2.89. The maximum atomic E-state index is 13.5. The van der Waals surface area contributed by atoms with Crippen LogP contribution in [0.1, 0.15) is 84.1 Å². The van der Waals surface area contributed by atoms with Crippen molar-refractivity contribution in [2.45, 2.75) is 84.7 Å². The summed E-state index contributed by atoms with van der Waals surface area (Å²) in [5.74, 6) is -0.778. The Labute approximate surface area is 195 Å². The maximum Gasteiger partial charge on any atom is 0.337 e. The number of nitrogens with one attached hydrogen (secondary N) is 1. The van der Waals surface area contributed by atoms with E-state index < -0.39 is 11.9 Å². The summed E-state index contributed by atoms with van der Waals surface area (Å²) in [6.07, 6.45) is 6.17. The minimum atomic E-state index is -0.507. The van der Waals surface area contributed by atoms with Crippen LogP contribution in [-0.4, -0.2) is 23.8 Å². The second-order valence-electron chi connectivity index (χ2n) is 10.3. The van der Waals surface area contributed by atoms with E-state index in [1.807, 2.05) is 19.1 Å². The number of carbonyl (C=O) groups is 3. The molecule has 1 N–H and O–H groups in total. The number of ether oxygens (including phenoxy) is 2. The largest absolute Gasteiger partial charge is 0.459 e. The average molecular weight is 452 g/mol. The summed E-state index contributed by atoms with van der Waals surface area (Å²) < 4.78 is 11.1. The fourth-order valence-corrected chi connectivity index (χ4v) is 5.33. The number of allylic oxidation sites excluding steroid dienone is 3. The molecule has 3 aliphatic rings. The highest BCUT2D eigenvalue weighted by Gasteiger charge is 2.43. The lowest BCUT2D eigenvalue weighted by Crippen LogP contribution is -2.39. The van der Waals surface area contributed by atoms with Crippen molar-refractivity contribution < 1.29 is 23.9 Å². The molecule has 1 aromatic carbocycles. The predicted molar refractivity (Wildman–Crippen MR) is 124 cm³/mol. The zero-order chi connectivity index (χ0) is 23.8. The maximum absolute atomic E-state index is 13.5. The van der Waals surface area contributed by atoms with Gasteiger partial charge in [-0.15, -0.1) is 0 Å². The van der Waals surface area contributed by atoms with Gasteiger partial charge in [0.1, 0.15) is 11.9 Å². The monoisotopic (exact) mass is 451 g/mol.